The van der Waals surface area contributed by atoms with Crippen LogP contribution in [0.15, 0.2) is 5.38 Å². The third kappa shape index (κ3) is 2.36. The van der Waals surface area contributed by atoms with Crippen molar-refractivity contribution in [2.75, 3.05) is 0 Å². The van der Waals surface area contributed by atoms with E-state index in [2.05, 4.69) is 9.97 Å². The van der Waals surface area contributed by atoms with Crippen molar-refractivity contribution < 1.29 is 4.79 Å². The van der Waals surface area contributed by atoms with E-state index in [9.17, 15) is 4.79 Å². The third-order valence-corrected chi connectivity index (χ3v) is 4.03. The standard InChI is InChI=1S/C11H12N2OS2/c1-6(14)4-10-13-9(5-15-10)11-7(2)12-8(3)16-11/h5H,4H2,1-3H3. The average Bonchev–Trinajstić information content (AvgIpc) is 2.72. The average molecular weight is 252 g/mol. The van der Waals surface area contributed by atoms with E-state index in [0.29, 0.717) is 6.42 Å². The zero-order chi connectivity index (χ0) is 11.7. The predicted octanol–water partition coefficient (Wildman–Crippen LogP) is 3.01. The molecule has 0 unspecified atom stereocenters. The second-order valence-electron chi connectivity index (χ2n) is 3.65. The van der Waals surface area contributed by atoms with Crippen molar-refractivity contribution >= 4 is 28.5 Å². The Morgan fingerprint density at radius 2 is 2.12 bits per heavy atom. The number of hydrogen-bond donors (Lipinski definition) is 0. The van der Waals surface area contributed by atoms with Crippen LogP contribution in [-0.2, 0) is 11.2 Å². The Bertz CT molecular complexity index is 528. The molecule has 0 saturated carbocycles. The molecule has 2 aromatic heterocycles. The molecular formula is C11H12N2OS2. The summed E-state index contributed by atoms with van der Waals surface area (Å²) >= 11 is 3.19. The molecule has 0 bridgehead atoms. The first-order valence-electron chi connectivity index (χ1n) is 4.94. The van der Waals surface area contributed by atoms with Crippen molar-refractivity contribution in [2.45, 2.75) is 27.2 Å². The van der Waals surface area contributed by atoms with Crippen LogP contribution in [0.1, 0.15) is 22.6 Å². The van der Waals surface area contributed by atoms with E-state index in [1.54, 1.807) is 18.3 Å². The van der Waals surface area contributed by atoms with Crippen LogP contribution in [0.25, 0.3) is 10.6 Å². The molecule has 0 saturated heterocycles. The van der Waals surface area contributed by atoms with Gasteiger partial charge < -0.3 is 0 Å². The Balaban J connectivity index is 2.31. The van der Waals surface area contributed by atoms with Crippen molar-refractivity contribution in [3.63, 3.8) is 0 Å². The fraction of sp³-hybridized carbons (Fsp3) is 0.364. The van der Waals surface area contributed by atoms with E-state index in [1.165, 1.54) is 11.3 Å². The van der Waals surface area contributed by atoms with Gasteiger partial charge in [-0.25, -0.2) is 9.97 Å². The number of Topliss-reactive ketones (excluding diaryl/α,β-unsaturated/α-hetero) is 1. The minimum absolute atomic E-state index is 0.151. The van der Waals surface area contributed by atoms with Gasteiger partial charge in [-0.15, -0.1) is 22.7 Å². The maximum Gasteiger partial charge on any atom is 0.136 e. The van der Waals surface area contributed by atoms with Crippen LogP contribution < -0.4 is 0 Å². The van der Waals surface area contributed by atoms with Gasteiger partial charge in [0.05, 0.1) is 27.7 Å². The summed E-state index contributed by atoms with van der Waals surface area (Å²) in [6, 6.07) is 0. The van der Waals surface area contributed by atoms with Gasteiger partial charge in [0.25, 0.3) is 0 Å². The number of nitrogens with zero attached hydrogens (tertiary/aromatic N) is 2. The molecule has 0 amide bonds. The fourth-order valence-corrected chi connectivity index (χ4v) is 3.29. The van der Waals surface area contributed by atoms with Gasteiger partial charge in [-0.05, 0) is 20.8 Å². The van der Waals surface area contributed by atoms with Gasteiger partial charge in [0.2, 0.25) is 0 Å². The van der Waals surface area contributed by atoms with Gasteiger partial charge >= 0.3 is 0 Å². The van der Waals surface area contributed by atoms with Crippen LogP contribution in [0.5, 0.6) is 0 Å². The van der Waals surface area contributed by atoms with Crippen LogP contribution in [0, 0.1) is 13.8 Å². The highest BCUT2D eigenvalue weighted by Gasteiger charge is 2.11. The van der Waals surface area contributed by atoms with Crippen molar-refractivity contribution in [3.05, 3.63) is 21.1 Å². The van der Waals surface area contributed by atoms with E-state index >= 15 is 0 Å². The molecule has 0 aliphatic heterocycles. The van der Waals surface area contributed by atoms with Gasteiger partial charge in [0.1, 0.15) is 10.8 Å². The largest absolute Gasteiger partial charge is 0.300 e. The van der Waals surface area contributed by atoms with E-state index in [-0.39, 0.29) is 5.78 Å². The number of thiazole rings is 2. The van der Waals surface area contributed by atoms with Gasteiger partial charge in [-0.1, -0.05) is 0 Å². The molecule has 5 heteroatoms. The summed E-state index contributed by atoms with van der Waals surface area (Å²) in [5, 5.41) is 3.93. The molecule has 16 heavy (non-hydrogen) atoms. The highest BCUT2D eigenvalue weighted by atomic mass is 32.1. The zero-order valence-electron chi connectivity index (χ0n) is 9.40. The Hall–Kier alpha value is -1.07. The number of ketones is 1. The molecule has 2 aromatic rings. The molecule has 3 nitrogen and oxygen atoms in total. The van der Waals surface area contributed by atoms with E-state index in [1.807, 2.05) is 19.2 Å². The molecule has 0 spiro atoms. The van der Waals surface area contributed by atoms with Crippen molar-refractivity contribution in [1.29, 1.82) is 0 Å². The maximum absolute atomic E-state index is 11.0. The number of carbonyl (C=O) groups excluding carboxylic acids is 1. The lowest BCUT2D eigenvalue weighted by atomic mass is 10.3. The van der Waals surface area contributed by atoms with Crippen molar-refractivity contribution in [3.8, 4) is 10.6 Å². The second-order valence-corrected chi connectivity index (χ2v) is 5.80. The van der Waals surface area contributed by atoms with Crippen molar-refractivity contribution in [2.24, 2.45) is 0 Å². The summed E-state index contributed by atoms with van der Waals surface area (Å²) in [6.07, 6.45) is 0.432. The number of hydrogen-bond acceptors (Lipinski definition) is 5. The smallest absolute Gasteiger partial charge is 0.136 e. The molecule has 0 radical (unpaired) electrons. The number of rotatable bonds is 3. The van der Waals surface area contributed by atoms with Crippen LogP contribution in [0.4, 0.5) is 0 Å². The summed E-state index contributed by atoms with van der Waals surface area (Å²) in [5.41, 5.74) is 1.96. The number of carbonyl (C=O) groups is 1. The van der Waals surface area contributed by atoms with Crippen LogP contribution >= 0.6 is 22.7 Å². The van der Waals surface area contributed by atoms with Gasteiger partial charge in [-0.3, -0.25) is 4.79 Å². The topological polar surface area (TPSA) is 42.9 Å². The van der Waals surface area contributed by atoms with Crippen LogP contribution in [-0.4, -0.2) is 15.8 Å². The molecule has 0 aliphatic carbocycles. The van der Waals surface area contributed by atoms with Gasteiger partial charge in [-0.2, -0.15) is 0 Å². The van der Waals surface area contributed by atoms with Crippen LogP contribution in [0.3, 0.4) is 0 Å². The Labute approximate surface area is 102 Å². The molecule has 0 N–H and O–H groups in total. The van der Waals surface area contributed by atoms with Crippen LogP contribution in [0.2, 0.25) is 0 Å². The third-order valence-electron chi connectivity index (χ3n) is 2.09. The van der Waals surface area contributed by atoms with E-state index in [4.69, 9.17) is 0 Å². The summed E-state index contributed by atoms with van der Waals surface area (Å²) in [7, 11) is 0. The summed E-state index contributed by atoms with van der Waals surface area (Å²) in [4.78, 5) is 20.9. The first kappa shape index (κ1) is 11.4. The summed E-state index contributed by atoms with van der Waals surface area (Å²) < 4.78 is 0. The Morgan fingerprint density at radius 1 is 1.38 bits per heavy atom. The lowest BCUT2D eigenvalue weighted by Gasteiger charge is -1.91. The SMILES string of the molecule is CC(=O)Cc1nc(-c2sc(C)nc2C)cs1. The molecule has 84 valence electrons. The molecule has 0 aliphatic rings. The normalized spacial score (nSPS) is 10.7. The lowest BCUT2D eigenvalue weighted by Crippen LogP contribution is -1.95. The molecular weight excluding hydrogens is 240 g/mol. The highest BCUT2D eigenvalue weighted by molar-refractivity contribution is 7.16. The molecule has 0 atom stereocenters. The summed E-state index contributed by atoms with van der Waals surface area (Å²) in [6.45, 7) is 5.57. The quantitative estimate of drug-likeness (QED) is 0.843. The predicted molar refractivity (Wildman–Crippen MR) is 67.1 cm³/mol. The zero-order valence-corrected chi connectivity index (χ0v) is 11.0. The fourth-order valence-electron chi connectivity index (χ4n) is 1.48. The minimum Gasteiger partial charge on any atom is -0.300 e. The summed E-state index contributed by atoms with van der Waals surface area (Å²) in [5.74, 6) is 0.151. The number of aromatic nitrogens is 2. The first-order valence-corrected chi connectivity index (χ1v) is 6.64. The Kier molecular flexibility index (Phi) is 3.16. The monoisotopic (exact) mass is 252 g/mol. The minimum atomic E-state index is 0.151. The maximum atomic E-state index is 11.0. The first-order chi connectivity index (χ1) is 7.56. The lowest BCUT2D eigenvalue weighted by molar-refractivity contribution is -0.116. The molecule has 2 rings (SSSR count). The van der Waals surface area contributed by atoms with E-state index in [0.717, 1.165) is 26.3 Å². The molecule has 0 fully saturated rings. The second kappa shape index (κ2) is 4.43. The van der Waals surface area contributed by atoms with E-state index < -0.39 is 0 Å². The molecule has 2 heterocycles. The van der Waals surface area contributed by atoms with Gasteiger partial charge in [0, 0.05) is 5.38 Å². The van der Waals surface area contributed by atoms with Gasteiger partial charge in [0.15, 0.2) is 0 Å². The van der Waals surface area contributed by atoms with Crippen molar-refractivity contribution in [1.82, 2.24) is 9.97 Å². The number of aryl methyl sites for hydroxylation is 2. The Morgan fingerprint density at radius 3 is 2.69 bits per heavy atom. The molecule has 0 aromatic carbocycles. The highest BCUT2D eigenvalue weighted by Crippen LogP contribution is 2.30.